The Hall–Kier alpha value is -2.02. The first-order chi connectivity index (χ1) is 7.83. The second kappa shape index (κ2) is 3.53. The molecule has 3 N–H and O–H groups in total. The van der Waals surface area contributed by atoms with Gasteiger partial charge in [0.2, 0.25) is 5.95 Å². The lowest BCUT2D eigenvalue weighted by Gasteiger charge is -2.00. The standard InChI is InChI=1S/C9H8N6S/c10-9-14-5(3-6-11-1-2-16-6)7-8(15-9)13-4-12-7/h1-2,4H,3H2,(H3,10,12,13,14,15). The van der Waals surface area contributed by atoms with Crippen LogP contribution in [-0.4, -0.2) is 24.9 Å². The maximum Gasteiger partial charge on any atom is 0.222 e. The van der Waals surface area contributed by atoms with Crippen LogP contribution in [0.3, 0.4) is 0 Å². The first-order valence-electron chi connectivity index (χ1n) is 4.67. The number of nitrogen functional groups attached to an aromatic ring is 1. The predicted octanol–water partition coefficient (Wildman–Crippen LogP) is 0.982. The zero-order valence-electron chi connectivity index (χ0n) is 8.21. The summed E-state index contributed by atoms with van der Waals surface area (Å²) < 4.78 is 0. The average Bonchev–Trinajstić information content (AvgIpc) is 2.87. The molecule has 0 unspecified atom stereocenters. The quantitative estimate of drug-likeness (QED) is 0.687. The third kappa shape index (κ3) is 1.50. The van der Waals surface area contributed by atoms with Crippen LogP contribution in [0.2, 0.25) is 0 Å². The van der Waals surface area contributed by atoms with Crippen molar-refractivity contribution in [2.45, 2.75) is 6.42 Å². The minimum absolute atomic E-state index is 0.242. The first-order valence-corrected chi connectivity index (χ1v) is 5.55. The van der Waals surface area contributed by atoms with Crippen molar-refractivity contribution in [2.24, 2.45) is 0 Å². The monoisotopic (exact) mass is 232 g/mol. The summed E-state index contributed by atoms with van der Waals surface area (Å²) in [4.78, 5) is 19.5. The van der Waals surface area contributed by atoms with Gasteiger partial charge in [0.25, 0.3) is 0 Å². The van der Waals surface area contributed by atoms with E-state index in [1.54, 1.807) is 23.9 Å². The van der Waals surface area contributed by atoms with E-state index < -0.39 is 0 Å². The molecule has 0 fully saturated rings. The van der Waals surface area contributed by atoms with Gasteiger partial charge in [-0.1, -0.05) is 0 Å². The Kier molecular flexibility index (Phi) is 2.03. The van der Waals surface area contributed by atoms with Gasteiger partial charge in [-0.05, 0) is 0 Å². The Morgan fingerprint density at radius 2 is 2.25 bits per heavy atom. The highest BCUT2D eigenvalue weighted by atomic mass is 32.1. The fraction of sp³-hybridized carbons (Fsp3) is 0.111. The van der Waals surface area contributed by atoms with Gasteiger partial charge in [0.1, 0.15) is 5.52 Å². The Labute approximate surface area is 94.6 Å². The largest absolute Gasteiger partial charge is 0.368 e. The molecule has 3 aromatic rings. The summed E-state index contributed by atoms with van der Waals surface area (Å²) >= 11 is 1.59. The molecule has 0 aliphatic rings. The molecule has 0 atom stereocenters. The molecule has 7 heteroatoms. The number of nitrogens with zero attached hydrogens (tertiary/aromatic N) is 4. The van der Waals surface area contributed by atoms with Crippen molar-refractivity contribution < 1.29 is 0 Å². The zero-order valence-corrected chi connectivity index (χ0v) is 9.03. The molecule has 80 valence electrons. The van der Waals surface area contributed by atoms with Crippen LogP contribution in [0.1, 0.15) is 10.7 Å². The first kappa shape index (κ1) is 9.22. The fourth-order valence-electron chi connectivity index (χ4n) is 1.52. The highest BCUT2D eigenvalue weighted by molar-refractivity contribution is 7.09. The van der Waals surface area contributed by atoms with E-state index in [1.165, 1.54) is 0 Å². The van der Waals surface area contributed by atoms with Gasteiger partial charge in [-0.3, -0.25) is 0 Å². The summed E-state index contributed by atoms with van der Waals surface area (Å²) in [7, 11) is 0. The number of H-pyrrole nitrogens is 1. The maximum absolute atomic E-state index is 5.62. The number of aromatic nitrogens is 5. The topological polar surface area (TPSA) is 93.4 Å². The molecule has 3 rings (SSSR count). The third-order valence-corrected chi connectivity index (χ3v) is 2.96. The second-order valence-electron chi connectivity index (χ2n) is 3.23. The lowest BCUT2D eigenvalue weighted by atomic mass is 10.3. The van der Waals surface area contributed by atoms with Crippen LogP contribution in [0.25, 0.3) is 11.2 Å². The van der Waals surface area contributed by atoms with Crippen molar-refractivity contribution >= 4 is 28.4 Å². The SMILES string of the molecule is Nc1nc(Cc2nccs2)c2[nH]cnc2n1. The van der Waals surface area contributed by atoms with Gasteiger partial charge in [-0.2, -0.15) is 4.98 Å². The van der Waals surface area contributed by atoms with E-state index in [0.717, 1.165) is 16.2 Å². The predicted molar refractivity (Wildman–Crippen MR) is 61.0 cm³/mol. The lowest BCUT2D eigenvalue weighted by Crippen LogP contribution is -2.01. The van der Waals surface area contributed by atoms with E-state index in [9.17, 15) is 0 Å². The minimum Gasteiger partial charge on any atom is -0.368 e. The van der Waals surface area contributed by atoms with E-state index in [-0.39, 0.29) is 5.95 Å². The average molecular weight is 232 g/mol. The molecule has 0 amide bonds. The van der Waals surface area contributed by atoms with Crippen LogP contribution in [0, 0.1) is 0 Å². The molecule has 6 nitrogen and oxygen atoms in total. The van der Waals surface area contributed by atoms with Crippen LogP contribution >= 0.6 is 11.3 Å². The van der Waals surface area contributed by atoms with Crippen molar-refractivity contribution in [1.82, 2.24) is 24.9 Å². The molecule has 0 aliphatic heterocycles. The number of nitrogens with one attached hydrogen (secondary N) is 1. The summed E-state index contributed by atoms with van der Waals surface area (Å²) in [5, 5.41) is 2.93. The minimum atomic E-state index is 0.242. The highest BCUT2D eigenvalue weighted by Gasteiger charge is 2.09. The molecule has 0 saturated heterocycles. The smallest absolute Gasteiger partial charge is 0.222 e. The molecular weight excluding hydrogens is 224 g/mol. The lowest BCUT2D eigenvalue weighted by molar-refractivity contribution is 1.05. The molecular formula is C9H8N6S. The molecule has 0 aliphatic carbocycles. The van der Waals surface area contributed by atoms with Crippen LogP contribution in [0.15, 0.2) is 17.9 Å². The van der Waals surface area contributed by atoms with Crippen LogP contribution < -0.4 is 5.73 Å². The van der Waals surface area contributed by atoms with Crippen molar-refractivity contribution in [3.63, 3.8) is 0 Å². The molecule has 0 spiro atoms. The van der Waals surface area contributed by atoms with Crippen LogP contribution in [-0.2, 0) is 6.42 Å². The van der Waals surface area contributed by atoms with Gasteiger partial charge >= 0.3 is 0 Å². The summed E-state index contributed by atoms with van der Waals surface area (Å²) in [5.41, 5.74) is 7.87. The normalized spacial score (nSPS) is 11.0. The van der Waals surface area contributed by atoms with Gasteiger partial charge in [-0.25, -0.2) is 15.0 Å². The van der Waals surface area contributed by atoms with Gasteiger partial charge in [0, 0.05) is 18.0 Å². The summed E-state index contributed by atoms with van der Waals surface area (Å²) in [6.45, 7) is 0. The van der Waals surface area contributed by atoms with Crippen LogP contribution in [0.5, 0.6) is 0 Å². The third-order valence-electron chi connectivity index (χ3n) is 2.18. The summed E-state index contributed by atoms with van der Waals surface area (Å²) in [5.74, 6) is 0.242. The van der Waals surface area contributed by atoms with Crippen molar-refractivity contribution in [1.29, 1.82) is 0 Å². The molecule has 0 bridgehead atoms. The number of anilines is 1. The number of fused-ring (bicyclic) bond motifs is 1. The highest BCUT2D eigenvalue weighted by Crippen LogP contribution is 2.17. The Bertz CT molecular complexity index is 614. The van der Waals surface area contributed by atoms with Gasteiger partial charge < -0.3 is 10.7 Å². The Balaban J connectivity index is 2.11. The zero-order chi connectivity index (χ0) is 11.0. The number of hydrogen-bond acceptors (Lipinski definition) is 6. The van der Waals surface area contributed by atoms with E-state index in [1.807, 2.05) is 5.38 Å². The van der Waals surface area contributed by atoms with Gasteiger partial charge in [-0.15, -0.1) is 11.3 Å². The van der Waals surface area contributed by atoms with E-state index in [0.29, 0.717) is 12.1 Å². The molecule has 3 heterocycles. The van der Waals surface area contributed by atoms with E-state index in [4.69, 9.17) is 5.73 Å². The number of aromatic amines is 1. The Morgan fingerprint density at radius 3 is 3.06 bits per heavy atom. The van der Waals surface area contributed by atoms with Crippen LogP contribution in [0.4, 0.5) is 5.95 Å². The molecule has 0 aromatic carbocycles. The number of rotatable bonds is 2. The fourth-order valence-corrected chi connectivity index (χ4v) is 2.14. The van der Waals surface area contributed by atoms with Crippen molar-refractivity contribution in [3.8, 4) is 0 Å². The number of thiazole rings is 1. The molecule has 16 heavy (non-hydrogen) atoms. The van der Waals surface area contributed by atoms with Crippen molar-refractivity contribution in [2.75, 3.05) is 5.73 Å². The number of nitrogens with two attached hydrogens (primary N) is 1. The Morgan fingerprint density at radius 1 is 1.31 bits per heavy atom. The maximum atomic E-state index is 5.62. The summed E-state index contributed by atoms with van der Waals surface area (Å²) in [6, 6.07) is 0. The van der Waals surface area contributed by atoms with Crippen molar-refractivity contribution in [3.05, 3.63) is 28.6 Å². The van der Waals surface area contributed by atoms with Gasteiger partial charge in [0.15, 0.2) is 5.65 Å². The number of imidazole rings is 1. The van der Waals surface area contributed by atoms with Gasteiger partial charge in [0.05, 0.1) is 17.0 Å². The number of hydrogen-bond donors (Lipinski definition) is 2. The molecule has 0 saturated carbocycles. The van der Waals surface area contributed by atoms with E-state index >= 15 is 0 Å². The summed E-state index contributed by atoms with van der Waals surface area (Å²) in [6.07, 6.45) is 4.00. The second-order valence-corrected chi connectivity index (χ2v) is 4.21. The van der Waals surface area contributed by atoms with E-state index in [2.05, 4.69) is 24.9 Å². The molecule has 0 radical (unpaired) electrons. The molecule has 3 aromatic heterocycles.